The van der Waals surface area contributed by atoms with Crippen LogP contribution >= 0.6 is 0 Å². The number of nitrogens with one attached hydrogen (secondary N) is 1. The molecule has 0 bridgehead atoms. The molecule has 0 unspecified atom stereocenters. The molecule has 0 amide bonds. The number of aryl methyl sites for hydroxylation is 2. The van der Waals surface area contributed by atoms with Crippen LogP contribution in [0.2, 0.25) is 0 Å². The first-order chi connectivity index (χ1) is 12.0. The summed E-state index contributed by atoms with van der Waals surface area (Å²) < 4.78 is 1.86. The van der Waals surface area contributed by atoms with E-state index in [0.717, 1.165) is 48.1 Å². The number of aromatic nitrogens is 3. The Labute approximate surface area is 150 Å². The van der Waals surface area contributed by atoms with E-state index in [0.29, 0.717) is 6.54 Å². The van der Waals surface area contributed by atoms with Crippen LogP contribution in [-0.2, 0) is 6.54 Å². The fourth-order valence-corrected chi connectivity index (χ4v) is 2.65. The minimum Gasteiger partial charge on any atom is -0.352 e. The number of rotatable bonds is 7. The number of unbranched alkanes of at least 4 members (excludes halogenated alkanes) is 1. The van der Waals surface area contributed by atoms with E-state index in [1.807, 2.05) is 50.0 Å². The standard InChI is InChI=1S/C19H28N6/c1-6-7-8-11-24(5)19(20-4)22-14-17-9-10-18(21-13-17)25-16(3)12-15(2)23-25/h6,9-10,12-13H,1,7-8,11,14H2,2-5H3,(H,20,22). The van der Waals surface area contributed by atoms with Crippen molar-refractivity contribution < 1.29 is 0 Å². The van der Waals surface area contributed by atoms with Gasteiger partial charge >= 0.3 is 0 Å². The second kappa shape index (κ2) is 9.01. The van der Waals surface area contributed by atoms with E-state index in [-0.39, 0.29) is 0 Å². The van der Waals surface area contributed by atoms with Gasteiger partial charge in [0.2, 0.25) is 0 Å². The molecule has 0 saturated heterocycles. The predicted octanol–water partition coefficient (Wildman–Crippen LogP) is 2.86. The number of hydrogen-bond donors (Lipinski definition) is 1. The van der Waals surface area contributed by atoms with Gasteiger partial charge < -0.3 is 10.2 Å². The zero-order chi connectivity index (χ0) is 18.2. The highest BCUT2D eigenvalue weighted by Crippen LogP contribution is 2.10. The molecule has 0 saturated carbocycles. The molecule has 0 radical (unpaired) electrons. The zero-order valence-corrected chi connectivity index (χ0v) is 15.7. The first-order valence-electron chi connectivity index (χ1n) is 8.56. The Morgan fingerprint density at radius 3 is 2.76 bits per heavy atom. The number of pyridine rings is 1. The van der Waals surface area contributed by atoms with Gasteiger partial charge in [-0.1, -0.05) is 12.1 Å². The molecule has 0 aliphatic rings. The highest BCUT2D eigenvalue weighted by Gasteiger charge is 2.07. The Kier molecular flexibility index (Phi) is 6.74. The van der Waals surface area contributed by atoms with Crippen molar-refractivity contribution in [2.75, 3.05) is 20.6 Å². The van der Waals surface area contributed by atoms with E-state index < -0.39 is 0 Å². The van der Waals surface area contributed by atoms with E-state index in [4.69, 9.17) is 0 Å². The number of aliphatic imine (C=N–C) groups is 1. The molecular formula is C19H28N6. The van der Waals surface area contributed by atoms with Crippen LogP contribution in [-0.4, -0.2) is 46.3 Å². The lowest BCUT2D eigenvalue weighted by molar-refractivity contribution is 0.470. The van der Waals surface area contributed by atoms with Gasteiger partial charge in [-0.05, 0) is 44.4 Å². The van der Waals surface area contributed by atoms with Crippen LogP contribution in [0.15, 0.2) is 42.0 Å². The Morgan fingerprint density at radius 2 is 2.20 bits per heavy atom. The summed E-state index contributed by atoms with van der Waals surface area (Å²) in [5.41, 5.74) is 3.18. The second-order valence-corrected chi connectivity index (χ2v) is 6.12. The third-order valence-corrected chi connectivity index (χ3v) is 3.96. The summed E-state index contributed by atoms with van der Waals surface area (Å²) in [4.78, 5) is 11.0. The van der Waals surface area contributed by atoms with Gasteiger partial charge in [0.25, 0.3) is 0 Å². The first kappa shape index (κ1) is 18.7. The lowest BCUT2D eigenvalue weighted by Crippen LogP contribution is -2.39. The Morgan fingerprint density at radius 1 is 1.40 bits per heavy atom. The Balaban J connectivity index is 1.94. The fourth-order valence-electron chi connectivity index (χ4n) is 2.65. The topological polar surface area (TPSA) is 58.3 Å². The summed E-state index contributed by atoms with van der Waals surface area (Å²) in [6.45, 7) is 9.40. The van der Waals surface area contributed by atoms with Crippen molar-refractivity contribution in [1.82, 2.24) is 25.0 Å². The molecule has 25 heavy (non-hydrogen) atoms. The largest absolute Gasteiger partial charge is 0.352 e. The molecule has 0 aliphatic carbocycles. The maximum absolute atomic E-state index is 4.53. The molecule has 0 aromatic carbocycles. The smallest absolute Gasteiger partial charge is 0.193 e. The van der Waals surface area contributed by atoms with Gasteiger partial charge in [0.15, 0.2) is 11.8 Å². The third kappa shape index (κ3) is 5.17. The van der Waals surface area contributed by atoms with Crippen LogP contribution < -0.4 is 5.32 Å². The van der Waals surface area contributed by atoms with Crippen molar-refractivity contribution >= 4 is 5.96 Å². The van der Waals surface area contributed by atoms with E-state index in [9.17, 15) is 0 Å². The predicted molar refractivity (Wildman–Crippen MR) is 103 cm³/mol. The van der Waals surface area contributed by atoms with Crippen molar-refractivity contribution in [2.24, 2.45) is 4.99 Å². The summed E-state index contributed by atoms with van der Waals surface area (Å²) in [6.07, 6.45) is 5.91. The lowest BCUT2D eigenvalue weighted by atomic mass is 10.2. The molecule has 2 aromatic rings. The maximum atomic E-state index is 4.53. The van der Waals surface area contributed by atoms with Gasteiger partial charge in [-0.15, -0.1) is 6.58 Å². The molecule has 1 N–H and O–H groups in total. The Bertz CT molecular complexity index is 714. The van der Waals surface area contributed by atoms with Crippen molar-refractivity contribution in [3.63, 3.8) is 0 Å². The quantitative estimate of drug-likeness (QED) is 0.364. The van der Waals surface area contributed by atoms with Crippen molar-refractivity contribution in [3.05, 3.63) is 54.0 Å². The summed E-state index contributed by atoms with van der Waals surface area (Å²) in [7, 11) is 3.85. The first-order valence-corrected chi connectivity index (χ1v) is 8.56. The van der Waals surface area contributed by atoms with Gasteiger partial charge in [-0.2, -0.15) is 5.10 Å². The van der Waals surface area contributed by atoms with Crippen LogP contribution in [0, 0.1) is 13.8 Å². The van der Waals surface area contributed by atoms with Crippen molar-refractivity contribution in [3.8, 4) is 5.82 Å². The summed E-state index contributed by atoms with van der Waals surface area (Å²) in [5, 5.41) is 7.84. The SMILES string of the molecule is C=CCCCN(C)C(=NC)NCc1ccc(-n2nc(C)cc2C)nc1. The maximum Gasteiger partial charge on any atom is 0.193 e. The molecule has 0 spiro atoms. The lowest BCUT2D eigenvalue weighted by Gasteiger charge is -2.21. The number of allylic oxidation sites excluding steroid dienone is 1. The minimum absolute atomic E-state index is 0.683. The summed E-state index contributed by atoms with van der Waals surface area (Å²) in [5.74, 6) is 1.71. The number of guanidine groups is 1. The molecule has 2 heterocycles. The molecule has 0 aliphatic heterocycles. The van der Waals surface area contributed by atoms with Crippen LogP contribution in [0.4, 0.5) is 0 Å². The summed E-state index contributed by atoms with van der Waals surface area (Å²) in [6, 6.07) is 6.10. The highest BCUT2D eigenvalue weighted by atomic mass is 15.3. The average Bonchev–Trinajstić information content (AvgIpc) is 2.94. The normalized spacial score (nSPS) is 11.4. The third-order valence-electron chi connectivity index (χ3n) is 3.96. The van der Waals surface area contributed by atoms with Crippen LogP contribution in [0.25, 0.3) is 5.82 Å². The highest BCUT2D eigenvalue weighted by molar-refractivity contribution is 5.79. The number of hydrogen-bond acceptors (Lipinski definition) is 3. The van der Waals surface area contributed by atoms with Crippen LogP contribution in [0.1, 0.15) is 29.8 Å². The van der Waals surface area contributed by atoms with E-state index >= 15 is 0 Å². The van der Waals surface area contributed by atoms with E-state index in [2.05, 4.69) is 37.9 Å². The van der Waals surface area contributed by atoms with Crippen LogP contribution in [0.5, 0.6) is 0 Å². The van der Waals surface area contributed by atoms with Gasteiger partial charge in [-0.3, -0.25) is 4.99 Å². The van der Waals surface area contributed by atoms with Gasteiger partial charge in [0, 0.05) is 39.1 Å². The van der Waals surface area contributed by atoms with Gasteiger partial charge in [-0.25, -0.2) is 9.67 Å². The molecule has 2 rings (SSSR count). The zero-order valence-electron chi connectivity index (χ0n) is 15.7. The molecule has 0 fully saturated rings. The van der Waals surface area contributed by atoms with Crippen molar-refractivity contribution in [2.45, 2.75) is 33.2 Å². The van der Waals surface area contributed by atoms with E-state index in [1.165, 1.54) is 0 Å². The molecule has 6 heteroatoms. The molecule has 134 valence electrons. The monoisotopic (exact) mass is 340 g/mol. The molecule has 6 nitrogen and oxygen atoms in total. The second-order valence-electron chi connectivity index (χ2n) is 6.12. The molecule has 2 aromatic heterocycles. The van der Waals surface area contributed by atoms with E-state index in [1.54, 1.807) is 7.05 Å². The molecular weight excluding hydrogens is 312 g/mol. The Hall–Kier alpha value is -2.63. The average molecular weight is 340 g/mol. The van der Waals surface area contributed by atoms with Gasteiger partial charge in [0.1, 0.15) is 0 Å². The fraction of sp³-hybridized carbons (Fsp3) is 0.421. The minimum atomic E-state index is 0.683. The summed E-state index contributed by atoms with van der Waals surface area (Å²) >= 11 is 0. The van der Waals surface area contributed by atoms with Crippen LogP contribution in [0.3, 0.4) is 0 Å². The molecule has 0 atom stereocenters. The van der Waals surface area contributed by atoms with Crippen molar-refractivity contribution in [1.29, 1.82) is 0 Å². The van der Waals surface area contributed by atoms with Gasteiger partial charge in [0.05, 0.1) is 5.69 Å². The number of nitrogens with zero attached hydrogens (tertiary/aromatic N) is 5.